The predicted octanol–water partition coefficient (Wildman–Crippen LogP) is 8.14. The molecular weight excluding hydrogens is 439 g/mol. The smallest absolute Gasteiger partial charge is 0.343 e. The molecule has 0 N–H and O–H groups in total. The lowest BCUT2D eigenvalue weighted by Gasteiger charge is -2.08. The molecule has 0 saturated carbocycles. The Hall–Kier alpha value is -3.08. The zero-order valence-electron chi connectivity index (χ0n) is 21.1. The van der Waals surface area contributed by atoms with Gasteiger partial charge >= 0.3 is 5.97 Å². The zero-order chi connectivity index (χ0) is 24.9. The number of unbranched alkanes of at least 4 members (excludes halogenated alkanes) is 7. The number of ether oxygens (including phenoxy) is 1. The van der Waals surface area contributed by atoms with Crippen molar-refractivity contribution in [3.05, 3.63) is 77.4 Å². The molecule has 0 amide bonds. The lowest BCUT2D eigenvalue weighted by Crippen LogP contribution is -2.09. The van der Waals surface area contributed by atoms with Crippen LogP contribution in [0.25, 0.3) is 11.4 Å². The molecule has 0 aliphatic heterocycles. The van der Waals surface area contributed by atoms with Crippen molar-refractivity contribution in [1.82, 2.24) is 9.97 Å². The third-order valence-corrected chi connectivity index (χ3v) is 6.17. The van der Waals surface area contributed by atoms with E-state index in [1.807, 2.05) is 18.5 Å². The SMILES string of the molecule is CCCCCCCCc1cnc(-c2ccc(C(=O)Oc3ccc(CCCCC)cc3F)cc2)nc1. The standard InChI is InChI=1S/C30H37FN2O2/c1-3-5-7-8-9-11-13-24-21-32-29(33-22-24)25-15-17-26(18-16-25)30(34)35-28-19-14-23(20-27(28)31)12-10-6-4-2/h14-22H,3-13H2,1-2H3. The molecule has 0 fully saturated rings. The van der Waals surface area contributed by atoms with E-state index in [0.29, 0.717) is 11.4 Å². The fraction of sp³-hybridized carbons (Fsp3) is 0.433. The fourth-order valence-electron chi connectivity index (χ4n) is 4.02. The first-order valence-electron chi connectivity index (χ1n) is 13.0. The van der Waals surface area contributed by atoms with Crippen molar-refractivity contribution >= 4 is 5.97 Å². The van der Waals surface area contributed by atoms with Crippen LogP contribution in [-0.4, -0.2) is 15.9 Å². The average molecular weight is 477 g/mol. The van der Waals surface area contributed by atoms with Crippen LogP contribution < -0.4 is 4.74 Å². The predicted molar refractivity (Wildman–Crippen MR) is 139 cm³/mol. The summed E-state index contributed by atoms with van der Waals surface area (Å²) < 4.78 is 19.7. The van der Waals surface area contributed by atoms with Crippen molar-refractivity contribution in [3.63, 3.8) is 0 Å². The maximum absolute atomic E-state index is 14.4. The Bertz CT molecular complexity index is 1050. The summed E-state index contributed by atoms with van der Waals surface area (Å²) in [7, 11) is 0. The molecule has 0 aliphatic carbocycles. The van der Waals surface area contributed by atoms with E-state index in [0.717, 1.165) is 55.2 Å². The van der Waals surface area contributed by atoms with Gasteiger partial charge in [-0.15, -0.1) is 0 Å². The molecule has 5 heteroatoms. The van der Waals surface area contributed by atoms with Crippen molar-refractivity contribution in [2.24, 2.45) is 0 Å². The van der Waals surface area contributed by atoms with E-state index in [2.05, 4.69) is 23.8 Å². The summed E-state index contributed by atoms with van der Waals surface area (Å²) >= 11 is 0. The second kappa shape index (κ2) is 14.3. The Kier molecular flexibility index (Phi) is 10.9. The molecule has 4 nitrogen and oxygen atoms in total. The summed E-state index contributed by atoms with van der Waals surface area (Å²) in [6.45, 7) is 4.37. The minimum Gasteiger partial charge on any atom is -0.420 e. The van der Waals surface area contributed by atoms with Crippen molar-refractivity contribution in [2.75, 3.05) is 0 Å². The van der Waals surface area contributed by atoms with Crippen LogP contribution in [0.15, 0.2) is 54.9 Å². The van der Waals surface area contributed by atoms with Gasteiger partial charge in [-0.3, -0.25) is 0 Å². The molecule has 35 heavy (non-hydrogen) atoms. The summed E-state index contributed by atoms with van der Waals surface area (Å²) in [5.41, 5.74) is 3.22. The second-order valence-electron chi connectivity index (χ2n) is 9.12. The highest BCUT2D eigenvalue weighted by Crippen LogP contribution is 2.22. The van der Waals surface area contributed by atoms with E-state index in [-0.39, 0.29) is 5.75 Å². The Balaban J connectivity index is 1.52. The molecule has 186 valence electrons. The number of aryl methyl sites for hydroxylation is 2. The van der Waals surface area contributed by atoms with E-state index in [1.165, 1.54) is 44.2 Å². The maximum atomic E-state index is 14.4. The molecule has 0 radical (unpaired) electrons. The van der Waals surface area contributed by atoms with Crippen LogP contribution >= 0.6 is 0 Å². The Morgan fingerprint density at radius 1 is 0.771 bits per heavy atom. The number of hydrogen-bond acceptors (Lipinski definition) is 4. The molecule has 3 aromatic rings. The lowest BCUT2D eigenvalue weighted by atomic mass is 10.1. The normalized spacial score (nSPS) is 10.9. The zero-order valence-corrected chi connectivity index (χ0v) is 21.1. The summed E-state index contributed by atoms with van der Waals surface area (Å²) in [4.78, 5) is 21.5. The van der Waals surface area contributed by atoms with Gasteiger partial charge in [0.05, 0.1) is 5.56 Å². The van der Waals surface area contributed by atoms with Gasteiger partial charge in [-0.25, -0.2) is 19.2 Å². The van der Waals surface area contributed by atoms with Gasteiger partial charge in [-0.2, -0.15) is 0 Å². The third-order valence-electron chi connectivity index (χ3n) is 6.17. The highest BCUT2D eigenvalue weighted by Gasteiger charge is 2.13. The van der Waals surface area contributed by atoms with E-state index in [4.69, 9.17) is 4.74 Å². The lowest BCUT2D eigenvalue weighted by molar-refractivity contribution is 0.0728. The van der Waals surface area contributed by atoms with Crippen LogP contribution in [0.1, 0.15) is 93.1 Å². The van der Waals surface area contributed by atoms with Gasteiger partial charge < -0.3 is 4.74 Å². The molecule has 1 heterocycles. The molecular formula is C30H37FN2O2. The van der Waals surface area contributed by atoms with E-state index >= 15 is 0 Å². The van der Waals surface area contributed by atoms with Gasteiger partial charge in [0.2, 0.25) is 0 Å². The molecule has 0 saturated heterocycles. The number of rotatable bonds is 14. The fourth-order valence-corrected chi connectivity index (χ4v) is 4.02. The molecule has 0 aliphatic rings. The van der Waals surface area contributed by atoms with Gasteiger partial charge in [0.25, 0.3) is 0 Å². The van der Waals surface area contributed by atoms with Crippen molar-refractivity contribution in [2.45, 2.75) is 84.5 Å². The number of carbonyl (C=O) groups is 1. The molecule has 3 rings (SSSR count). The molecule has 0 atom stereocenters. The minimum absolute atomic E-state index is 0.0531. The second-order valence-corrected chi connectivity index (χ2v) is 9.12. The van der Waals surface area contributed by atoms with E-state index < -0.39 is 11.8 Å². The Morgan fingerprint density at radius 3 is 2.06 bits per heavy atom. The number of hydrogen-bond donors (Lipinski definition) is 0. The van der Waals surface area contributed by atoms with Gasteiger partial charge in [-0.05, 0) is 61.1 Å². The quantitative estimate of drug-likeness (QED) is 0.134. The monoisotopic (exact) mass is 476 g/mol. The van der Waals surface area contributed by atoms with E-state index in [9.17, 15) is 9.18 Å². The van der Waals surface area contributed by atoms with Crippen LogP contribution in [0.4, 0.5) is 4.39 Å². The van der Waals surface area contributed by atoms with Crippen molar-refractivity contribution in [1.29, 1.82) is 0 Å². The van der Waals surface area contributed by atoms with E-state index in [1.54, 1.807) is 24.3 Å². The largest absolute Gasteiger partial charge is 0.420 e. The van der Waals surface area contributed by atoms with Crippen LogP contribution in [0.5, 0.6) is 5.75 Å². The van der Waals surface area contributed by atoms with Crippen molar-refractivity contribution < 1.29 is 13.9 Å². The highest BCUT2D eigenvalue weighted by atomic mass is 19.1. The summed E-state index contributed by atoms with van der Waals surface area (Å²) in [5.74, 6) is -0.549. The minimum atomic E-state index is -0.593. The molecule has 0 spiro atoms. The maximum Gasteiger partial charge on any atom is 0.343 e. The number of esters is 1. The summed E-state index contributed by atoms with van der Waals surface area (Å²) in [5, 5.41) is 0. The average Bonchev–Trinajstić information content (AvgIpc) is 2.88. The van der Waals surface area contributed by atoms with Gasteiger partial charge in [0.1, 0.15) is 0 Å². The highest BCUT2D eigenvalue weighted by molar-refractivity contribution is 5.91. The molecule has 0 unspecified atom stereocenters. The van der Waals surface area contributed by atoms with Crippen LogP contribution in [0.2, 0.25) is 0 Å². The Labute approximate surface area is 209 Å². The molecule has 2 aromatic carbocycles. The first-order valence-corrected chi connectivity index (χ1v) is 13.0. The van der Waals surface area contributed by atoms with Crippen LogP contribution in [-0.2, 0) is 12.8 Å². The first-order chi connectivity index (χ1) is 17.1. The topological polar surface area (TPSA) is 52.1 Å². The third kappa shape index (κ3) is 8.57. The van der Waals surface area contributed by atoms with Crippen LogP contribution in [0.3, 0.4) is 0 Å². The Morgan fingerprint density at radius 2 is 1.37 bits per heavy atom. The van der Waals surface area contributed by atoms with Crippen molar-refractivity contribution in [3.8, 4) is 17.1 Å². The summed E-state index contributed by atoms with van der Waals surface area (Å²) in [6, 6.07) is 11.7. The summed E-state index contributed by atoms with van der Waals surface area (Å²) in [6.07, 6.45) is 16.4. The number of halogens is 1. The number of nitrogens with zero attached hydrogens (tertiary/aromatic N) is 2. The molecule has 0 bridgehead atoms. The first kappa shape index (κ1) is 26.5. The number of aromatic nitrogens is 2. The van der Waals surface area contributed by atoms with Gasteiger partial charge in [0, 0.05) is 18.0 Å². The number of benzene rings is 2. The van der Waals surface area contributed by atoms with Gasteiger partial charge in [0.15, 0.2) is 17.4 Å². The van der Waals surface area contributed by atoms with Crippen LogP contribution in [0, 0.1) is 5.82 Å². The van der Waals surface area contributed by atoms with Gasteiger partial charge in [-0.1, -0.05) is 77.0 Å². The number of carbonyl (C=O) groups excluding carboxylic acids is 1. The molecule has 1 aromatic heterocycles.